The number of fused-ring (bicyclic) bond motifs is 1. The van der Waals surface area contributed by atoms with Gasteiger partial charge in [-0.3, -0.25) is 0 Å². The number of para-hydroxylation sites is 1. The molecular weight excluding hydrogens is 462 g/mol. The minimum Gasteiger partial charge on any atom is -0.423 e. The van der Waals surface area contributed by atoms with Gasteiger partial charge >= 0.3 is 0 Å². The summed E-state index contributed by atoms with van der Waals surface area (Å²) in [6, 6.07) is 23.7. The van der Waals surface area contributed by atoms with E-state index in [0.29, 0.717) is 6.01 Å². The summed E-state index contributed by atoms with van der Waals surface area (Å²) < 4.78 is 11.6. The van der Waals surface area contributed by atoms with Crippen LogP contribution in [0.3, 0.4) is 0 Å². The van der Waals surface area contributed by atoms with Crippen molar-refractivity contribution < 1.29 is 9.15 Å². The molecule has 2 fully saturated rings. The average Bonchev–Trinajstić information content (AvgIpc) is 3.36. The van der Waals surface area contributed by atoms with E-state index in [1.165, 1.54) is 11.3 Å². The number of nitrogens with zero attached hydrogens (tertiary/aromatic N) is 4. The Morgan fingerprint density at radius 3 is 2.35 bits per heavy atom. The number of ether oxygens (including phenoxy) is 1. The SMILES string of the molecule is CN1CCN(c2ccc(Nc3nc4cccc(-c5ccc(/C=C/N6CCOCC6)cc5)c4o3)cc2)CC1. The number of benzene rings is 3. The Balaban J connectivity index is 1.16. The number of aromatic nitrogens is 1. The Bertz CT molecular complexity index is 1350. The van der Waals surface area contributed by atoms with Crippen molar-refractivity contribution in [3.8, 4) is 11.1 Å². The first kappa shape index (κ1) is 23.6. The summed E-state index contributed by atoms with van der Waals surface area (Å²) in [6.45, 7) is 7.78. The number of rotatable bonds is 6. The summed E-state index contributed by atoms with van der Waals surface area (Å²) in [5.74, 6) is 0. The molecule has 0 atom stereocenters. The smallest absolute Gasteiger partial charge is 0.300 e. The van der Waals surface area contributed by atoms with Crippen LogP contribution in [0.1, 0.15) is 5.56 Å². The maximum atomic E-state index is 6.20. The predicted octanol–water partition coefficient (Wildman–Crippen LogP) is 5.29. The quantitative estimate of drug-likeness (QED) is 0.390. The van der Waals surface area contributed by atoms with Crippen LogP contribution < -0.4 is 10.2 Å². The fraction of sp³-hybridized carbons (Fsp3) is 0.300. The van der Waals surface area contributed by atoms with Gasteiger partial charge in [0.1, 0.15) is 5.52 Å². The number of morpholine rings is 1. The minimum absolute atomic E-state index is 0.500. The molecule has 1 N–H and O–H groups in total. The van der Waals surface area contributed by atoms with Gasteiger partial charge < -0.3 is 29.2 Å². The highest BCUT2D eigenvalue weighted by Gasteiger charge is 2.15. The third-order valence-corrected chi connectivity index (χ3v) is 7.15. The number of nitrogens with one attached hydrogen (secondary N) is 1. The molecule has 0 unspecified atom stereocenters. The number of oxazole rings is 1. The first-order valence-corrected chi connectivity index (χ1v) is 13.0. The Morgan fingerprint density at radius 1 is 0.838 bits per heavy atom. The van der Waals surface area contributed by atoms with Crippen molar-refractivity contribution in [2.45, 2.75) is 0 Å². The van der Waals surface area contributed by atoms with Gasteiger partial charge in [-0.25, -0.2) is 0 Å². The van der Waals surface area contributed by atoms with Gasteiger partial charge in [0, 0.05) is 56.2 Å². The van der Waals surface area contributed by atoms with E-state index in [2.05, 4.69) is 93.9 Å². The molecule has 2 saturated heterocycles. The van der Waals surface area contributed by atoms with E-state index in [4.69, 9.17) is 14.1 Å². The molecular formula is C30H33N5O2. The third-order valence-electron chi connectivity index (χ3n) is 7.15. The summed E-state index contributed by atoms with van der Waals surface area (Å²) >= 11 is 0. The molecule has 0 bridgehead atoms. The molecule has 6 rings (SSSR count). The number of hydrogen-bond acceptors (Lipinski definition) is 7. The van der Waals surface area contributed by atoms with Crippen molar-refractivity contribution in [3.63, 3.8) is 0 Å². The fourth-order valence-corrected chi connectivity index (χ4v) is 4.87. The van der Waals surface area contributed by atoms with Crippen LogP contribution in [-0.2, 0) is 4.74 Å². The van der Waals surface area contributed by atoms with E-state index < -0.39 is 0 Å². The van der Waals surface area contributed by atoms with E-state index in [1.54, 1.807) is 0 Å². The number of piperazine rings is 1. The fourth-order valence-electron chi connectivity index (χ4n) is 4.87. The van der Waals surface area contributed by atoms with Crippen molar-refractivity contribution in [3.05, 3.63) is 78.5 Å². The third kappa shape index (κ3) is 5.48. The van der Waals surface area contributed by atoms with Crippen LogP contribution in [0.5, 0.6) is 0 Å². The van der Waals surface area contributed by atoms with Crippen LogP contribution >= 0.6 is 0 Å². The lowest BCUT2D eigenvalue weighted by Gasteiger charge is -2.34. The largest absolute Gasteiger partial charge is 0.423 e. The maximum Gasteiger partial charge on any atom is 0.300 e. The lowest BCUT2D eigenvalue weighted by molar-refractivity contribution is 0.0597. The molecule has 4 aromatic rings. The molecule has 37 heavy (non-hydrogen) atoms. The maximum absolute atomic E-state index is 6.20. The van der Waals surface area contributed by atoms with Gasteiger partial charge in [-0.2, -0.15) is 4.98 Å². The van der Waals surface area contributed by atoms with Gasteiger partial charge in [0.15, 0.2) is 5.58 Å². The second-order valence-corrected chi connectivity index (χ2v) is 9.72. The van der Waals surface area contributed by atoms with Crippen LogP contribution in [0.25, 0.3) is 28.3 Å². The molecule has 190 valence electrons. The zero-order chi connectivity index (χ0) is 25.0. The summed E-state index contributed by atoms with van der Waals surface area (Å²) in [4.78, 5) is 11.8. The molecule has 2 aliphatic rings. The standard InChI is InChI=1S/C30H33N5O2/c1-33-15-17-35(18-16-33)26-11-9-25(10-12-26)31-30-32-28-4-2-3-27(29(28)37-30)24-7-5-23(6-8-24)13-14-34-19-21-36-22-20-34/h2-14H,15-22H2,1H3,(H,31,32)/b14-13+. The minimum atomic E-state index is 0.500. The highest BCUT2D eigenvalue weighted by atomic mass is 16.5. The van der Waals surface area contributed by atoms with Crippen molar-refractivity contribution in [2.75, 3.05) is 69.7 Å². The van der Waals surface area contributed by atoms with E-state index in [0.717, 1.165) is 80.4 Å². The number of hydrogen-bond donors (Lipinski definition) is 1. The summed E-state index contributed by atoms with van der Waals surface area (Å²) in [5.41, 5.74) is 7.15. The normalized spacial score (nSPS) is 17.1. The lowest BCUT2D eigenvalue weighted by Crippen LogP contribution is -2.44. The Morgan fingerprint density at radius 2 is 1.59 bits per heavy atom. The molecule has 0 saturated carbocycles. The van der Waals surface area contributed by atoms with Crippen LogP contribution in [0.2, 0.25) is 0 Å². The van der Waals surface area contributed by atoms with Gasteiger partial charge in [-0.1, -0.05) is 36.4 Å². The molecule has 0 spiro atoms. The molecule has 0 radical (unpaired) electrons. The lowest BCUT2D eigenvalue weighted by atomic mass is 10.0. The van der Waals surface area contributed by atoms with Crippen molar-refractivity contribution in [1.82, 2.24) is 14.8 Å². The van der Waals surface area contributed by atoms with Gasteiger partial charge in [-0.05, 0) is 60.8 Å². The van der Waals surface area contributed by atoms with Crippen molar-refractivity contribution in [1.29, 1.82) is 0 Å². The molecule has 3 heterocycles. The first-order valence-electron chi connectivity index (χ1n) is 13.0. The second-order valence-electron chi connectivity index (χ2n) is 9.72. The second kappa shape index (κ2) is 10.7. The van der Waals surface area contributed by atoms with Crippen LogP contribution in [-0.4, -0.2) is 74.3 Å². The van der Waals surface area contributed by atoms with Gasteiger partial charge in [0.2, 0.25) is 0 Å². The van der Waals surface area contributed by atoms with Gasteiger partial charge in [0.05, 0.1) is 13.2 Å². The van der Waals surface area contributed by atoms with Crippen LogP contribution in [0.4, 0.5) is 17.4 Å². The van der Waals surface area contributed by atoms with Crippen LogP contribution in [0, 0.1) is 0 Å². The Labute approximate surface area is 217 Å². The summed E-state index contributed by atoms with van der Waals surface area (Å²) in [6.07, 6.45) is 4.31. The van der Waals surface area contributed by atoms with E-state index in [9.17, 15) is 0 Å². The Kier molecular flexibility index (Phi) is 6.80. The molecule has 2 aliphatic heterocycles. The zero-order valence-electron chi connectivity index (χ0n) is 21.3. The van der Waals surface area contributed by atoms with E-state index >= 15 is 0 Å². The summed E-state index contributed by atoms with van der Waals surface area (Å²) in [7, 11) is 2.18. The zero-order valence-corrected chi connectivity index (χ0v) is 21.3. The monoisotopic (exact) mass is 495 g/mol. The van der Waals surface area contributed by atoms with E-state index in [1.807, 2.05) is 12.1 Å². The first-order chi connectivity index (χ1) is 18.2. The molecule has 7 nitrogen and oxygen atoms in total. The average molecular weight is 496 g/mol. The number of anilines is 3. The molecule has 0 amide bonds. The topological polar surface area (TPSA) is 57.0 Å². The van der Waals surface area contributed by atoms with Gasteiger partial charge in [-0.15, -0.1) is 0 Å². The molecule has 1 aromatic heterocycles. The molecule has 3 aromatic carbocycles. The van der Waals surface area contributed by atoms with Crippen molar-refractivity contribution >= 4 is 34.6 Å². The highest BCUT2D eigenvalue weighted by Crippen LogP contribution is 2.32. The van der Waals surface area contributed by atoms with Crippen LogP contribution in [0.15, 0.2) is 77.3 Å². The Hall–Kier alpha value is -3.81. The summed E-state index contributed by atoms with van der Waals surface area (Å²) in [5, 5.41) is 3.34. The molecule has 7 heteroatoms. The highest BCUT2D eigenvalue weighted by molar-refractivity contribution is 5.91. The number of likely N-dealkylation sites (N-methyl/N-ethyl adjacent to an activating group) is 1. The van der Waals surface area contributed by atoms with E-state index in [-0.39, 0.29) is 0 Å². The van der Waals surface area contributed by atoms with Crippen molar-refractivity contribution in [2.24, 2.45) is 0 Å². The van der Waals surface area contributed by atoms with Gasteiger partial charge in [0.25, 0.3) is 6.01 Å². The molecule has 0 aliphatic carbocycles. The predicted molar refractivity (Wildman–Crippen MR) is 150 cm³/mol.